The second-order valence-corrected chi connectivity index (χ2v) is 5.78. The van der Waals surface area contributed by atoms with Crippen molar-refractivity contribution in [2.24, 2.45) is 5.73 Å². The van der Waals surface area contributed by atoms with Crippen LogP contribution in [0, 0.1) is 0 Å². The van der Waals surface area contributed by atoms with Crippen molar-refractivity contribution in [3.8, 4) is 0 Å². The summed E-state index contributed by atoms with van der Waals surface area (Å²) < 4.78 is 0. The van der Waals surface area contributed by atoms with Gasteiger partial charge in [0.2, 0.25) is 5.91 Å². The molecule has 128 valence electrons. The van der Waals surface area contributed by atoms with Gasteiger partial charge in [-0.2, -0.15) is 0 Å². The van der Waals surface area contributed by atoms with E-state index in [4.69, 9.17) is 5.73 Å². The molecule has 2 aromatic carbocycles. The summed E-state index contributed by atoms with van der Waals surface area (Å²) in [5.41, 5.74) is 7.68. The van der Waals surface area contributed by atoms with E-state index in [1.807, 2.05) is 36.4 Å². The second-order valence-electron chi connectivity index (χ2n) is 5.78. The lowest BCUT2D eigenvalue weighted by Gasteiger charge is -2.24. The van der Waals surface area contributed by atoms with Crippen molar-refractivity contribution < 1.29 is 15.0 Å². The smallest absolute Gasteiger partial charge is 0.237 e. The van der Waals surface area contributed by atoms with Crippen molar-refractivity contribution in [2.75, 3.05) is 6.61 Å². The third-order valence-corrected chi connectivity index (χ3v) is 3.97. The Morgan fingerprint density at radius 2 is 1.62 bits per heavy atom. The van der Waals surface area contributed by atoms with E-state index in [2.05, 4.69) is 5.32 Å². The van der Waals surface area contributed by atoms with Crippen LogP contribution < -0.4 is 11.1 Å². The zero-order valence-corrected chi connectivity index (χ0v) is 13.5. The normalized spacial score (nSPS) is 14.6. The number of amides is 1. The van der Waals surface area contributed by atoms with E-state index in [1.54, 1.807) is 24.3 Å². The largest absolute Gasteiger partial charge is 0.394 e. The lowest BCUT2D eigenvalue weighted by molar-refractivity contribution is -0.124. The van der Waals surface area contributed by atoms with Crippen LogP contribution in [0.1, 0.15) is 23.7 Å². The maximum absolute atomic E-state index is 12.2. The van der Waals surface area contributed by atoms with Crippen molar-refractivity contribution in [3.63, 3.8) is 0 Å². The van der Waals surface area contributed by atoms with Crippen molar-refractivity contribution in [2.45, 2.75) is 31.0 Å². The molecule has 0 unspecified atom stereocenters. The summed E-state index contributed by atoms with van der Waals surface area (Å²) in [6, 6.07) is 17.2. The van der Waals surface area contributed by atoms with Gasteiger partial charge in [-0.05, 0) is 24.0 Å². The molecule has 0 aliphatic heterocycles. The molecule has 5 nitrogen and oxygen atoms in total. The van der Waals surface area contributed by atoms with Crippen LogP contribution in [-0.2, 0) is 11.2 Å². The number of rotatable bonds is 8. The van der Waals surface area contributed by atoms with Crippen LogP contribution >= 0.6 is 0 Å². The number of aliphatic hydroxyl groups excluding tert-OH is 2. The van der Waals surface area contributed by atoms with Crippen molar-refractivity contribution in [1.82, 2.24) is 5.32 Å². The fourth-order valence-corrected chi connectivity index (χ4v) is 2.49. The van der Waals surface area contributed by atoms with Gasteiger partial charge in [0.15, 0.2) is 0 Å². The Labute approximate surface area is 142 Å². The third kappa shape index (κ3) is 5.16. The number of aryl methyl sites for hydroxylation is 1. The van der Waals surface area contributed by atoms with Gasteiger partial charge in [-0.3, -0.25) is 4.79 Å². The first kappa shape index (κ1) is 18.1. The Bertz CT molecular complexity index is 619. The number of carbonyl (C=O) groups excluding carboxylic acids is 1. The van der Waals surface area contributed by atoms with E-state index in [-0.39, 0.29) is 12.5 Å². The van der Waals surface area contributed by atoms with Crippen LogP contribution in [-0.4, -0.2) is 34.8 Å². The molecule has 24 heavy (non-hydrogen) atoms. The number of benzene rings is 2. The predicted molar refractivity (Wildman–Crippen MR) is 93.2 cm³/mol. The van der Waals surface area contributed by atoms with E-state index < -0.39 is 18.2 Å². The number of hydrogen-bond donors (Lipinski definition) is 4. The van der Waals surface area contributed by atoms with Gasteiger partial charge in [-0.15, -0.1) is 0 Å². The summed E-state index contributed by atoms with van der Waals surface area (Å²) in [7, 11) is 0. The van der Waals surface area contributed by atoms with Crippen LogP contribution in [0.2, 0.25) is 0 Å². The first-order valence-electron chi connectivity index (χ1n) is 8.05. The minimum Gasteiger partial charge on any atom is -0.394 e. The predicted octanol–water partition coefficient (Wildman–Crippen LogP) is 1.16. The molecule has 0 fully saturated rings. The van der Waals surface area contributed by atoms with Gasteiger partial charge in [0.25, 0.3) is 0 Å². The summed E-state index contributed by atoms with van der Waals surface area (Å²) in [5.74, 6) is -0.375. The average Bonchev–Trinajstić information content (AvgIpc) is 2.64. The Balaban J connectivity index is 1.88. The molecule has 0 aliphatic carbocycles. The molecule has 0 aromatic heterocycles. The lowest BCUT2D eigenvalue weighted by Crippen LogP contribution is -2.49. The SMILES string of the molecule is N[C@@H](CCc1ccccc1)C(=O)N[C@@H](CO)[C@@H](O)c1ccccc1. The van der Waals surface area contributed by atoms with Crippen molar-refractivity contribution in [3.05, 3.63) is 71.8 Å². The molecule has 3 atom stereocenters. The molecular formula is C19H24N2O3. The highest BCUT2D eigenvalue weighted by atomic mass is 16.3. The quantitative estimate of drug-likeness (QED) is 0.585. The van der Waals surface area contributed by atoms with E-state index in [0.29, 0.717) is 18.4 Å². The Hall–Kier alpha value is -2.21. The van der Waals surface area contributed by atoms with E-state index >= 15 is 0 Å². The first-order chi connectivity index (χ1) is 11.6. The number of nitrogens with two attached hydrogens (primary N) is 1. The number of carbonyl (C=O) groups is 1. The summed E-state index contributed by atoms with van der Waals surface area (Å²) in [4.78, 5) is 12.2. The number of hydrogen-bond acceptors (Lipinski definition) is 4. The molecule has 2 aromatic rings. The zero-order chi connectivity index (χ0) is 17.4. The summed E-state index contributed by atoms with van der Waals surface area (Å²) in [5, 5.41) is 22.4. The fourth-order valence-electron chi connectivity index (χ4n) is 2.49. The number of aliphatic hydroxyl groups is 2. The highest BCUT2D eigenvalue weighted by molar-refractivity contribution is 5.81. The standard InChI is InChI=1S/C19H24N2O3/c20-16(12-11-14-7-3-1-4-8-14)19(24)21-17(13-22)18(23)15-9-5-2-6-10-15/h1-10,16-18,22-23H,11-13,20H2,(H,21,24)/t16-,17-,18-/m0/s1. The summed E-state index contributed by atoms with van der Waals surface area (Å²) in [6.45, 7) is -0.368. The van der Waals surface area contributed by atoms with Crippen LogP contribution in [0.5, 0.6) is 0 Å². The molecule has 2 rings (SSSR count). The molecule has 0 saturated carbocycles. The number of nitrogens with one attached hydrogen (secondary N) is 1. The van der Waals surface area contributed by atoms with Gasteiger partial charge in [-0.25, -0.2) is 0 Å². The molecule has 0 bridgehead atoms. The first-order valence-corrected chi connectivity index (χ1v) is 8.05. The fraction of sp³-hybridized carbons (Fsp3) is 0.316. The van der Waals surface area contributed by atoms with E-state index in [0.717, 1.165) is 5.56 Å². The van der Waals surface area contributed by atoms with Crippen molar-refractivity contribution >= 4 is 5.91 Å². The molecular weight excluding hydrogens is 304 g/mol. The van der Waals surface area contributed by atoms with Crippen LogP contribution in [0.15, 0.2) is 60.7 Å². The molecule has 0 aliphatic rings. The lowest BCUT2D eigenvalue weighted by atomic mass is 10.0. The highest BCUT2D eigenvalue weighted by Gasteiger charge is 2.24. The molecule has 0 radical (unpaired) electrons. The van der Waals surface area contributed by atoms with Crippen molar-refractivity contribution in [1.29, 1.82) is 0 Å². The topological polar surface area (TPSA) is 95.6 Å². The van der Waals surface area contributed by atoms with Gasteiger partial charge >= 0.3 is 0 Å². The Morgan fingerprint density at radius 3 is 2.21 bits per heavy atom. The minimum atomic E-state index is -0.985. The molecule has 0 heterocycles. The van der Waals surface area contributed by atoms with Crippen LogP contribution in [0.4, 0.5) is 0 Å². The highest BCUT2D eigenvalue weighted by Crippen LogP contribution is 2.16. The maximum atomic E-state index is 12.2. The Kier molecular flexibility index (Phi) is 6.93. The average molecular weight is 328 g/mol. The van der Waals surface area contributed by atoms with Crippen LogP contribution in [0.3, 0.4) is 0 Å². The maximum Gasteiger partial charge on any atom is 0.237 e. The second kappa shape index (κ2) is 9.17. The van der Waals surface area contributed by atoms with Gasteiger partial charge in [-0.1, -0.05) is 60.7 Å². The molecule has 1 amide bonds. The Morgan fingerprint density at radius 1 is 1.04 bits per heavy atom. The third-order valence-electron chi connectivity index (χ3n) is 3.97. The molecule has 0 saturated heterocycles. The monoisotopic (exact) mass is 328 g/mol. The molecule has 0 spiro atoms. The van der Waals surface area contributed by atoms with Gasteiger partial charge in [0.05, 0.1) is 18.7 Å². The zero-order valence-electron chi connectivity index (χ0n) is 13.5. The van der Waals surface area contributed by atoms with Crippen LogP contribution in [0.25, 0.3) is 0 Å². The summed E-state index contributed by atoms with van der Waals surface area (Å²) >= 11 is 0. The summed E-state index contributed by atoms with van der Waals surface area (Å²) in [6.07, 6.45) is 0.206. The van der Waals surface area contributed by atoms with E-state index in [1.165, 1.54) is 0 Å². The van der Waals surface area contributed by atoms with Gasteiger partial charge in [0, 0.05) is 0 Å². The van der Waals surface area contributed by atoms with Gasteiger partial charge in [0.1, 0.15) is 6.10 Å². The molecule has 5 N–H and O–H groups in total. The van der Waals surface area contributed by atoms with E-state index in [9.17, 15) is 15.0 Å². The van der Waals surface area contributed by atoms with Gasteiger partial charge < -0.3 is 21.3 Å². The minimum absolute atomic E-state index is 0.368. The molecule has 5 heteroatoms.